The summed E-state index contributed by atoms with van der Waals surface area (Å²) in [6.07, 6.45) is 0.168. The Morgan fingerprint density at radius 2 is 1.93 bits per heavy atom. The van der Waals surface area contributed by atoms with E-state index in [1.54, 1.807) is 47.2 Å². The van der Waals surface area contributed by atoms with E-state index < -0.39 is 5.92 Å². The zero-order valence-corrected chi connectivity index (χ0v) is 14.9. The molecular weight excluding hydrogens is 351 g/mol. The third-order valence-corrected chi connectivity index (χ3v) is 4.85. The van der Waals surface area contributed by atoms with Crippen LogP contribution < -0.4 is 14.4 Å². The van der Waals surface area contributed by atoms with Crippen LogP contribution in [-0.2, 0) is 16.1 Å². The summed E-state index contributed by atoms with van der Waals surface area (Å²) in [5, 5.41) is 0. The number of anilines is 1. The number of hydrogen-bond donors (Lipinski definition) is 0. The van der Waals surface area contributed by atoms with Crippen LogP contribution in [0.1, 0.15) is 12.0 Å². The summed E-state index contributed by atoms with van der Waals surface area (Å²) in [4.78, 5) is 28.4. The molecule has 27 heavy (non-hydrogen) atoms. The van der Waals surface area contributed by atoms with E-state index in [2.05, 4.69) is 0 Å². The predicted molar refractivity (Wildman–Crippen MR) is 95.9 cm³/mol. The van der Waals surface area contributed by atoms with Crippen molar-refractivity contribution in [2.45, 2.75) is 13.0 Å². The quantitative estimate of drug-likeness (QED) is 0.830. The third kappa shape index (κ3) is 3.45. The van der Waals surface area contributed by atoms with Gasteiger partial charge in [-0.25, -0.2) is 4.39 Å². The Kier molecular flexibility index (Phi) is 4.43. The van der Waals surface area contributed by atoms with Gasteiger partial charge in [0, 0.05) is 38.3 Å². The molecule has 2 aromatic carbocycles. The topological polar surface area (TPSA) is 59.1 Å². The number of ether oxygens (including phenoxy) is 2. The first-order valence-electron chi connectivity index (χ1n) is 8.70. The summed E-state index contributed by atoms with van der Waals surface area (Å²) in [5.74, 6) is 0.334. The molecule has 2 amide bonds. The molecule has 0 spiro atoms. The molecule has 140 valence electrons. The SMILES string of the molecule is CN(Cc1ccc(F)cc1)C(=O)C1CC(=O)N(c2ccc3c(c2)OCO3)C1. The number of benzene rings is 2. The summed E-state index contributed by atoms with van der Waals surface area (Å²) in [6.45, 7) is 0.862. The lowest BCUT2D eigenvalue weighted by atomic mass is 10.1. The molecule has 0 N–H and O–H groups in total. The van der Waals surface area contributed by atoms with Gasteiger partial charge in [0.05, 0.1) is 5.92 Å². The summed E-state index contributed by atoms with van der Waals surface area (Å²) in [7, 11) is 1.69. The van der Waals surface area contributed by atoms with Crippen molar-refractivity contribution in [1.29, 1.82) is 0 Å². The van der Waals surface area contributed by atoms with Gasteiger partial charge in [0.25, 0.3) is 0 Å². The minimum Gasteiger partial charge on any atom is -0.454 e. The standard InChI is InChI=1S/C20H19FN2O4/c1-22(10-13-2-4-15(21)5-3-13)20(25)14-8-19(24)23(11-14)16-6-7-17-18(9-16)27-12-26-17/h2-7,9,14H,8,10-12H2,1H3. The predicted octanol–water partition coefficient (Wildman–Crippen LogP) is 2.57. The zero-order chi connectivity index (χ0) is 19.0. The van der Waals surface area contributed by atoms with Crippen LogP contribution in [-0.4, -0.2) is 37.1 Å². The van der Waals surface area contributed by atoms with Crippen LogP contribution in [0.5, 0.6) is 11.5 Å². The van der Waals surface area contributed by atoms with Crippen LogP contribution in [0.2, 0.25) is 0 Å². The van der Waals surface area contributed by atoms with Crippen molar-refractivity contribution in [3.05, 3.63) is 53.8 Å². The first-order valence-corrected chi connectivity index (χ1v) is 8.70. The lowest BCUT2D eigenvalue weighted by Crippen LogP contribution is -2.34. The molecule has 1 fully saturated rings. The Labute approximate surface area is 156 Å². The van der Waals surface area contributed by atoms with Crippen LogP contribution in [0.25, 0.3) is 0 Å². The van der Waals surface area contributed by atoms with E-state index in [4.69, 9.17) is 9.47 Å². The molecule has 1 unspecified atom stereocenters. The van der Waals surface area contributed by atoms with Crippen molar-refractivity contribution in [2.75, 3.05) is 25.3 Å². The van der Waals surface area contributed by atoms with Gasteiger partial charge >= 0.3 is 0 Å². The molecule has 2 aliphatic heterocycles. The molecule has 0 aromatic heterocycles. The van der Waals surface area contributed by atoms with E-state index in [1.165, 1.54) is 12.1 Å². The second-order valence-electron chi connectivity index (χ2n) is 6.76. The fourth-order valence-electron chi connectivity index (χ4n) is 3.43. The number of nitrogens with zero attached hydrogens (tertiary/aromatic N) is 2. The molecule has 0 aliphatic carbocycles. The van der Waals surface area contributed by atoms with E-state index in [9.17, 15) is 14.0 Å². The molecular formula is C20H19FN2O4. The lowest BCUT2D eigenvalue weighted by Gasteiger charge is -2.21. The highest BCUT2D eigenvalue weighted by Crippen LogP contribution is 2.37. The Bertz CT molecular complexity index is 884. The summed E-state index contributed by atoms with van der Waals surface area (Å²) >= 11 is 0. The Morgan fingerprint density at radius 3 is 2.70 bits per heavy atom. The average molecular weight is 370 g/mol. The van der Waals surface area contributed by atoms with Gasteiger partial charge in [-0.3, -0.25) is 9.59 Å². The first kappa shape index (κ1) is 17.3. The van der Waals surface area contributed by atoms with Crippen molar-refractivity contribution in [3.8, 4) is 11.5 Å². The zero-order valence-electron chi connectivity index (χ0n) is 14.9. The van der Waals surface area contributed by atoms with Crippen molar-refractivity contribution < 1.29 is 23.5 Å². The highest BCUT2D eigenvalue weighted by Gasteiger charge is 2.37. The molecule has 1 atom stereocenters. The number of carbonyl (C=O) groups excluding carboxylic acids is 2. The van der Waals surface area contributed by atoms with Crippen LogP contribution in [0.15, 0.2) is 42.5 Å². The minimum atomic E-state index is -0.409. The van der Waals surface area contributed by atoms with E-state index in [1.807, 2.05) is 0 Å². The van der Waals surface area contributed by atoms with Gasteiger partial charge in [0.2, 0.25) is 18.6 Å². The summed E-state index contributed by atoms with van der Waals surface area (Å²) in [5.41, 5.74) is 1.53. The van der Waals surface area contributed by atoms with Crippen LogP contribution in [0.4, 0.5) is 10.1 Å². The summed E-state index contributed by atoms with van der Waals surface area (Å²) in [6, 6.07) is 11.4. The van der Waals surface area contributed by atoms with Crippen molar-refractivity contribution >= 4 is 17.5 Å². The summed E-state index contributed by atoms with van der Waals surface area (Å²) < 4.78 is 23.7. The first-order chi connectivity index (χ1) is 13.0. The molecule has 0 saturated carbocycles. The number of rotatable bonds is 4. The van der Waals surface area contributed by atoms with E-state index >= 15 is 0 Å². The van der Waals surface area contributed by atoms with Gasteiger partial charge in [-0.1, -0.05) is 12.1 Å². The van der Waals surface area contributed by atoms with Crippen LogP contribution in [0, 0.1) is 11.7 Å². The second kappa shape index (κ2) is 6.90. The van der Waals surface area contributed by atoms with Gasteiger partial charge < -0.3 is 19.3 Å². The average Bonchev–Trinajstić information content (AvgIpc) is 3.28. The minimum absolute atomic E-state index is 0.0950. The molecule has 2 aliphatic rings. The molecule has 0 radical (unpaired) electrons. The fourth-order valence-corrected chi connectivity index (χ4v) is 3.43. The molecule has 2 aromatic rings. The number of amides is 2. The van der Waals surface area contributed by atoms with E-state index in [-0.39, 0.29) is 30.8 Å². The van der Waals surface area contributed by atoms with Crippen molar-refractivity contribution in [1.82, 2.24) is 4.90 Å². The molecule has 6 nitrogen and oxygen atoms in total. The number of fused-ring (bicyclic) bond motifs is 1. The lowest BCUT2D eigenvalue weighted by molar-refractivity contribution is -0.135. The maximum absolute atomic E-state index is 13.0. The monoisotopic (exact) mass is 370 g/mol. The maximum Gasteiger partial charge on any atom is 0.231 e. The number of halogens is 1. The molecule has 2 heterocycles. The fraction of sp³-hybridized carbons (Fsp3) is 0.300. The van der Waals surface area contributed by atoms with Crippen LogP contribution >= 0.6 is 0 Å². The van der Waals surface area contributed by atoms with E-state index in [0.717, 1.165) is 5.56 Å². The normalized spacial score (nSPS) is 18.1. The van der Waals surface area contributed by atoms with Gasteiger partial charge in [-0.15, -0.1) is 0 Å². The van der Waals surface area contributed by atoms with Gasteiger partial charge in [-0.2, -0.15) is 0 Å². The Morgan fingerprint density at radius 1 is 1.19 bits per heavy atom. The molecule has 4 rings (SSSR count). The number of hydrogen-bond acceptors (Lipinski definition) is 4. The number of carbonyl (C=O) groups is 2. The Hall–Kier alpha value is -3.09. The van der Waals surface area contributed by atoms with E-state index in [0.29, 0.717) is 30.3 Å². The highest BCUT2D eigenvalue weighted by molar-refractivity contribution is 6.00. The van der Waals surface area contributed by atoms with Gasteiger partial charge in [0.1, 0.15) is 5.82 Å². The smallest absolute Gasteiger partial charge is 0.231 e. The molecule has 0 bridgehead atoms. The largest absolute Gasteiger partial charge is 0.454 e. The molecule has 1 saturated heterocycles. The third-order valence-electron chi connectivity index (χ3n) is 4.85. The van der Waals surface area contributed by atoms with Gasteiger partial charge in [0.15, 0.2) is 11.5 Å². The highest BCUT2D eigenvalue weighted by atomic mass is 19.1. The maximum atomic E-state index is 13.0. The Balaban J connectivity index is 1.43. The van der Waals surface area contributed by atoms with Gasteiger partial charge in [-0.05, 0) is 29.8 Å². The second-order valence-corrected chi connectivity index (χ2v) is 6.76. The van der Waals surface area contributed by atoms with Crippen molar-refractivity contribution in [3.63, 3.8) is 0 Å². The van der Waals surface area contributed by atoms with Crippen molar-refractivity contribution in [2.24, 2.45) is 5.92 Å². The van der Waals surface area contributed by atoms with Crippen LogP contribution in [0.3, 0.4) is 0 Å². The molecule has 7 heteroatoms.